The number of likely N-dealkylation sites (N-methyl/N-ethyl adjacent to an activating group) is 1. The van der Waals surface area contributed by atoms with E-state index in [9.17, 15) is 14.4 Å². The maximum Gasteiger partial charge on any atom is 0.322 e. The number of methoxy groups -OCH3 is 1. The third kappa shape index (κ3) is 4.04. The summed E-state index contributed by atoms with van der Waals surface area (Å²) in [6.45, 7) is 5.62. The van der Waals surface area contributed by atoms with Crippen LogP contribution in [-0.2, 0) is 14.3 Å². The molecule has 3 atom stereocenters. The van der Waals surface area contributed by atoms with Crippen molar-refractivity contribution in [1.82, 2.24) is 20.0 Å². The molecule has 1 aromatic rings. The zero-order valence-corrected chi connectivity index (χ0v) is 19.0. The molecule has 9 nitrogen and oxygen atoms in total. The molecule has 0 aliphatic carbocycles. The molecule has 1 N–H and O–H groups in total. The average Bonchev–Trinajstić information content (AvgIpc) is 3.10. The molecule has 3 aliphatic heterocycles. The molecule has 1 fully saturated rings. The van der Waals surface area contributed by atoms with Gasteiger partial charge in [0.1, 0.15) is 5.75 Å². The first-order valence-electron chi connectivity index (χ1n) is 10.9. The molecular formula is C23H30N4O5. The van der Waals surface area contributed by atoms with Gasteiger partial charge in [-0.05, 0) is 19.9 Å². The van der Waals surface area contributed by atoms with Crippen LogP contribution in [0.25, 0.3) is 0 Å². The minimum atomic E-state index is -0.598. The van der Waals surface area contributed by atoms with Gasteiger partial charge in [-0.15, -0.1) is 0 Å². The summed E-state index contributed by atoms with van der Waals surface area (Å²) >= 11 is 0. The lowest BCUT2D eigenvalue weighted by Crippen LogP contribution is -2.48. The van der Waals surface area contributed by atoms with Crippen molar-refractivity contribution in [3.05, 3.63) is 41.1 Å². The molecule has 3 unspecified atom stereocenters. The van der Waals surface area contributed by atoms with Crippen molar-refractivity contribution in [2.75, 3.05) is 40.3 Å². The molecule has 0 bridgehead atoms. The third-order valence-electron chi connectivity index (χ3n) is 6.25. The summed E-state index contributed by atoms with van der Waals surface area (Å²) in [6.07, 6.45) is 0.228. The number of nitrogens with one attached hydrogen (secondary N) is 1. The molecule has 1 aromatic carbocycles. The highest BCUT2D eigenvalue weighted by atomic mass is 16.5. The lowest BCUT2D eigenvalue weighted by Gasteiger charge is -2.35. The number of amides is 4. The molecule has 1 saturated heterocycles. The number of benzene rings is 1. The zero-order chi connectivity index (χ0) is 23.0. The number of ether oxygens (including phenoxy) is 2. The Balaban J connectivity index is 1.50. The smallest absolute Gasteiger partial charge is 0.322 e. The van der Waals surface area contributed by atoms with E-state index in [0.29, 0.717) is 43.2 Å². The predicted molar refractivity (Wildman–Crippen MR) is 117 cm³/mol. The average molecular weight is 443 g/mol. The van der Waals surface area contributed by atoms with E-state index in [-0.39, 0.29) is 36.5 Å². The summed E-state index contributed by atoms with van der Waals surface area (Å²) < 4.78 is 11.2. The summed E-state index contributed by atoms with van der Waals surface area (Å²) in [5, 5.41) is 2.92. The largest absolute Gasteiger partial charge is 0.496 e. The fraction of sp³-hybridized carbons (Fsp3) is 0.522. The Morgan fingerprint density at radius 3 is 2.56 bits per heavy atom. The van der Waals surface area contributed by atoms with Crippen molar-refractivity contribution in [3.63, 3.8) is 0 Å². The van der Waals surface area contributed by atoms with Crippen LogP contribution in [0.2, 0.25) is 0 Å². The molecule has 3 heterocycles. The summed E-state index contributed by atoms with van der Waals surface area (Å²) in [7, 11) is 3.22. The van der Waals surface area contributed by atoms with Crippen molar-refractivity contribution >= 4 is 17.8 Å². The van der Waals surface area contributed by atoms with Gasteiger partial charge >= 0.3 is 6.03 Å². The molecule has 9 heteroatoms. The maximum atomic E-state index is 13.4. The number of hydrogen-bond acceptors (Lipinski definition) is 5. The highest BCUT2D eigenvalue weighted by molar-refractivity contribution is 6.01. The first kappa shape index (κ1) is 22.1. The molecule has 32 heavy (non-hydrogen) atoms. The second-order valence-electron chi connectivity index (χ2n) is 8.58. The number of urea groups is 1. The minimum absolute atomic E-state index is 0.00236. The van der Waals surface area contributed by atoms with Crippen molar-refractivity contribution in [3.8, 4) is 5.75 Å². The van der Waals surface area contributed by atoms with Crippen LogP contribution in [-0.4, -0.2) is 85.1 Å². The Kier molecular flexibility index (Phi) is 6.10. The topological polar surface area (TPSA) is 91.4 Å². The second-order valence-corrected chi connectivity index (χ2v) is 8.58. The number of morpholine rings is 1. The lowest BCUT2D eigenvalue weighted by atomic mass is 9.95. The summed E-state index contributed by atoms with van der Waals surface area (Å²) in [5.41, 5.74) is 1.92. The summed E-state index contributed by atoms with van der Waals surface area (Å²) in [5.74, 6) is 0.443. The number of rotatable bonds is 5. The standard InChI is InChI=1S/C23H30N4O5/c1-14-11-27(12-15(2)32-14)19(28)9-10-26-13-17-20(22(26)29)21(24-23(30)25(17)3)16-7-5-6-8-18(16)31-4/h5-8,14-15,21H,9-13H2,1-4H3,(H,24,30). The van der Waals surface area contributed by atoms with Crippen LogP contribution in [0.3, 0.4) is 0 Å². The van der Waals surface area contributed by atoms with Gasteiger partial charge in [0.15, 0.2) is 0 Å². The van der Waals surface area contributed by atoms with Crippen LogP contribution in [0.5, 0.6) is 5.75 Å². The Morgan fingerprint density at radius 2 is 1.88 bits per heavy atom. The van der Waals surface area contributed by atoms with E-state index >= 15 is 0 Å². The Hall–Kier alpha value is -3.07. The molecule has 4 rings (SSSR count). The quantitative estimate of drug-likeness (QED) is 0.747. The van der Waals surface area contributed by atoms with E-state index in [1.165, 1.54) is 4.90 Å². The Labute approximate surface area is 187 Å². The molecular weight excluding hydrogens is 412 g/mol. The van der Waals surface area contributed by atoms with Crippen LogP contribution in [0, 0.1) is 0 Å². The number of carbonyl (C=O) groups excluding carboxylic acids is 3. The highest BCUT2D eigenvalue weighted by Gasteiger charge is 2.43. The lowest BCUT2D eigenvalue weighted by molar-refractivity contribution is -0.143. The minimum Gasteiger partial charge on any atom is -0.496 e. The zero-order valence-electron chi connectivity index (χ0n) is 19.0. The van der Waals surface area contributed by atoms with Gasteiger partial charge in [-0.25, -0.2) is 4.79 Å². The van der Waals surface area contributed by atoms with Gasteiger partial charge < -0.3 is 24.6 Å². The van der Waals surface area contributed by atoms with E-state index in [1.807, 2.05) is 36.9 Å². The molecule has 0 aromatic heterocycles. The van der Waals surface area contributed by atoms with E-state index in [4.69, 9.17) is 9.47 Å². The van der Waals surface area contributed by atoms with Crippen molar-refractivity contribution in [2.45, 2.75) is 38.5 Å². The third-order valence-corrected chi connectivity index (χ3v) is 6.25. The summed E-state index contributed by atoms with van der Waals surface area (Å²) in [4.78, 5) is 43.7. The fourth-order valence-corrected chi connectivity index (χ4v) is 4.71. The van der Waals surface area contributed by atoms with Crippen LogP contribution >= 0.6 is 0 Å². The van der Waals surface area contributed by atoms with Crippen molar-refractivity contribution < 1.29 is 23.9 Å². The molecule has 0 saturated carbocycles. The SMILES string of the molecule is COc1ccccc1C1NC(=O)N(C)C2=C1C(=O)N(CCC(=O)N1CC(C)OC(C)C1)C2. The summed E-state index contributed by atoms with van der Waals surface area (Å²) in [6, 6.07) is 6.47. The number of nitrogens with zero attached hydrogens (tertiary/aromatic N) is 3. The first-order chi connectivity index (χ1) is 15.3. The molecule has 0 radical (unpaired) electrons. The van der Waals surface area contributed by atoms with Crippen molar-refractivity contribution in [2.24, 2.45) is 0 Å². The number of para-hydroxylation sites is 1. The monoisotopic (exact) mass is 442 g/mol. The maximum absolute atomic E-state index is 13.4. The fourth-order valence-electron chi connectivity index (χ4n) is 4.71. The van der Waals surface area contributed by atoms with Crippen LogP contribution in [0.1, 0.15) is 31.9 Å². The molecule has 4 amide bonds. The van der Waals surface area contributed by atoms with Gasteiger partial charge in [-0.1, -0.05) is 18.2 Å². The van der Waals surface area contributed by atoms with Gasteiger partial charge in [0.05, 0.1) is 43.2 Å². The number of hydrogen-bond donors (Lipinski definition) is 1. The van der Waals surface area contributed by atoms with E-state index in [1.54, 1.807) is 25.1 Å². The van der Waals surface area contributed by atoms with Gasteiger partial charge in [-0.2, -0.15) is 0 Å². The Morgan fingerprint density at radius 1 is 1.19 bits per heavy atom. The van der Waals surface area contributed by atoms with Crippen molar-refractivity contribution in [1.29, 1.82) is 0 Å². The van der Waals surface area contributed by atoms with Crippen LogP contribution < -0.4 is 10.1 Å². The molecule has 172 valence electrons. The van der Waals surface area contributed by atoms with E-state index in [2.05, 4.69) is 5.32 Å². The number of carbonyl (C=O) groups is 3. The molecule has 3 aliphatic rings. The highest BCUT2D eigenvalue weighted by Crippen LogP contribution is 2.38. The first-order valence-corrected chi connectivity index (χ1v) is 10.9. The Bertz CT molecular complexity index is 951. The van der Waals surface area contributed by atoms with Gasteiger partial charge in [0, 0.05) is 38.7 Å². The second kappa shape index (κ2) is 8.82. The van der Waals surface area contributed by atoms with Crippen LogP contribution in [0.4, 0.5) is 4.79 Å². The van der Waals surface area contributed by atoms with E-state index in [0.717, 1.165) is 5.56 Å². The van der Waals surface area contributed by atoms with Gasteiger partial charge in [-0.3, -0.25) is 14.5 Å². The van der Waals surface area contributed by atoms with E-state index < -0.39 is 6.04 Å². The normalized spacial score (nSPS) is 25.8. The van der Waals surface area contributed by atoms with Crippen LogP contribution in [0.15, 0.2) is 35.5 Å². The predicted octanol–water partition coefficient (Wildman–Crippen LogP) is 1.51. The molecule has 0 spiro atoms. The van der Waals surface area contributed by atoms with Gasteiger partial charge in [0.2, 0.25) is 5.91 Å². The van der Waals surface area contributed by atoms with Gasteiger partial charge in [0.25, 0.3) is 5.91 Å².